The van der Waals surface area contributed by atoms with Gasteiger partial charge >= 0.3 is 0 Å². The van der Waals surface area contributed by atoms with Crippen LogP contribution in [-0.2, 0) is 16.1 Å². The normalized spacial score (nSPS) is 17.7. The third-order valence-electron chi connectivity index (χ3n) is 6.33. The van der Waals surface area contributed by atoms with E-state index < -0.39 is 0 Å². The third-order valence-corrected chi connectivity index (χ3v) is 7.07. The van der Waals surface area contributed by atoms with Crippen LogP contribution < -0.4 is 5.32 Å². The lowest BCUT2D eigenvalue weighted by atomic mass is 9.84. The van der Waals surface area contributed by atoms with Crippen LogP contribution in [0.2, 0.25) is 0 Å². The van der Waals surface area contributed by atoms with Crippen molar-refractivity contribution in [3.05, 3.63) is 71.1 Å². The molecule has 1 unspecified atom stereocenters. The minimum absolute atomic E-state index is 0.198. The number of nitrogens with one attached hydrogen (secondary N) is 1. The van der Waals surface area contributed by atoms with E-state index in [1.165, 1.54) is 22.2 Å². The smallest absolute Gasteiger partial charge is 0.259 e. The van der Waals surface area contributed by atoms with E-state index >= 15 is 0 Å². The van der Waals surface area contributed by atoms with Crippen LogP contribution in [0.1, 0.15) is 37.8 Å². The maximum absolute atomic E-state index is 13.5. The summed E-state index contributed by atoms with van der Waals surface area (Å²) in [6, 6.07) is 14.7. The maximum atomic E-state index is 13.5. The second kappa shape index (κ2) is 7.85. The molecule has 5 rings (SSSR count). The first-order valence-corrected chi connectivity index (χ1v) is 12.2. The van der Waals surface area contributed by atoms with Crippen molar-refractivity contribution in [3.8, 4) is 0 Å². The zero-order valence-electron chi connectivity index (χ0n) is 18.8. The highest BCUT2D eigenvalue weighted by atomic mass is 32.2. The molecule has 1 N–H and O–H groups in total. The van der Waals surface area contributed by atoms with Crippen molar-refractivity contribution in [1.29, 1.82) is 0 Å². The highest BCUT2D eigenvalue weighted by molar-refractivity contribution is 7.98. The van der Waals surface area contributed by atoms with E-state index in [1.807, 2.05) is 0 Å². The molecule has 0 radical (unpaired) electrons. The Morgan fingerprint density at radius 2 is 1.94 bits per heavy atom. The second-order valence-corrected chi connectivity index (χ2v) is 9.84. The van der Waals surface area contributed by atoms with Gasteiger partial charge in [-0.15, -0.1) is 11.8 Å². The number of nitrogens with zero attached hydrogens (tertiary/aromatic N) is 2. The van der Waals surface area contributed by atoms with E-state index in [2.05, 4.69) is 78.6 Å². The molecule has 1 aromatic heterocycles. The Balaban J connectivity index is 1.77. The van der Waals surface area contributed by atoms with Crippen molar-refractivity contribution in [2.24, 2.45) is 5.92 Å². The minimum Gasteiger partial charge on any atom is -0.356 e. The van der Waals surface area contributed by atoms with Crippen LogP contribution in [0.5, 0.6) is 0 Å². The summed E-state index contributed by atoms with van der Waals surface area (Å²) in [5.41, 5.74) is 5.84. The van der Waals surface area contributed by atoms with Crippen LogP contribution in [0.15, 0.2) is 64.8 Å². The van der Waals surface area contributed by atoms with Crippen LogP contribution in [0.3, 0.4) is 0 Å². The fraction of sp³-hybridized carbons (Fsp3) is 0.308. The number of carbonyl (C=O) groups excluding carboxylic acids is 2. The van der Waals surface area contributed by atoms with Gasteiger partial charge in [-0.3, -0.25) is 14.5 Å². The lowest BCUT2D eigenvalue weighted by Gasteiger charge is -2.19. The highest BCUT2D eigenvalue weighted by Crippen LogP contribution is 2.46. The SMILES string of the molecule is CSc1ccc(C2C3=C(CN(C(C)=O)C3=O)Nc3cccc4c3c2cn4CC(C)C)cc1. The number of anilines is 1. The quantitative estimate of drug-likeness (QED) is 0.560. The van der Waals surface area contributed by atoms with Crippen molar-refractivity contribution in [3.63, 3.8) is 0 Å². The van der Waals surface area contributed by atoms with Crippen molar-refractivity contribution in [2.75, 3.05) is 18.1 Å². The molecule has 5 nitrogen and oxygen atoms in total. The van der Waals surface area contributed by atoms with Gasteiger partial charge in [0.25, 0.3) is 5.91 Å². The first-order valence-electron chi connectivity index (χ1n) is 11.0. The Bertz CT molecular complexity index is 1270. The Morgan fingerprint density at radius 3 is 2.59 bits per heavy atom. The average molecular weight is 446 g/mol. The zero-order valence-corrected chi connectivity index (χ0v) is 19.6. The molecule has 3 aromatic rings. The fourth-order valence-electron chi connectivity index (χ4n) is 4.96. The Kier molecular flexibility index (Phi) is 5.13. The summed E-state index contributed by atoms with van der Waals surface area (Å²) in [4.78, 5) is 28.2. The molecule has 32 heavy (non-hydrogen) atoms. The second-order valence-electron chi connectivity index (χ2n) is 8.96. The van der Waals surface area contributed by atoms with Gasteiger partial charge in [0.05, 0.1) is 17.6 Å². The number of hydrogen-bond donors (Lipinski definition) is 1. The van der Waals surface area contributed by atoms with E-state index in [0.717, 1.165) is 34.4 Å². The molecule has 1 atom stereocenters. The molecule has 2 amide bonds. The summed E-state index contributed by atoms with van der Waals surface area (Å²) in [6.07, 6.45) is 4.27. The summed E-state index contributed by atoms with van der Waals surface area (Å²) in [7, 11) is 0. The van der Waals surface area contributed by atoms with Gasteiger partial charge < -0.3 is 9.88 Å². The molecule has 0 saturated heterocycles. The van der Waals surface area contributed by atoms with Gasteiger partial charge in [-0.05, 0) is 47.6 Å². The number of hydrogen-bond acceptors (Lipinski definition) is 4. The van der Waals surface area contributed by atoms with Crippen molar-refractivity contribution < 1.29 is 9.59 Å². The Labute approximate surface area is 192 Å². The number of benzene rings is 2. The summed E-state index contributed by atoms with van der Waals surface area (Å²) in [5, 5.41) is 4.69. The van der Waals surface area contributed by atoms with E-state index in [9.17, 15) is 9.59 Å². The number of rotatable bonds is 4. The number of aromatic nitrogens is 1. The largest absolute Gasteiger partial charge is 0.356 e. The number of thioether (sulfide) groups is 1. The van der Waals surface area contributed by atoms with E-state index in [1.54, 1.807) is 11.8 Å². The van der Waals surface area contributed by atoms with Crippen LogP contribution in [-0.4, -0.2) is 34.1 Å². The lowest BCUT2D eigenvalue weighted by molar-refractivity contribution is -0.139. The molecular weight excluding hydrogens is 418 g/mol. The molecule has 2 aromatic carbocycles. The summed E-state index contributed by atoms with van der Waals surface area (Å²) < 4.78 is 2.30. The van der Waals surface area contributed by atoms with Crippen LogP contribution in [0.25, 0.3) is 10.9 Å². The summed E-state index contributed by atoms with van der Waals surface area (Å²) in [5.74, 6) is -0.160. The van der Waals surface area contributed by atoms with E-state index in [-0.39, 0.29) is 24.3 Å². The molecule has 164 valence electrons. The number of amides is 2. The molecule has 0 saturated carbocycles. The molecule has 0 bridgehead atoms. The van der Waals surface area contributed by atoms with Gasteiger partial charge in [-0.25, -0.2) is 0 Å². The zero-order chi connectivity index (χ0) is 22.6. The van der Waals surface area contributed by atoms with Crippen LogP contribution >= 0.6 is 11.8 Å². The first-order chi connectivity index (χ1) is 15.4. The maximum Gasteiger partial charge on any atom is 0.259 e. The monoisotopic (exact) mass is 445 g/mol. The predicted octanol–water partition coefficient (Wildman–Crippen LogP) is 5.22. The van der Waals surface area contributed by atoms with Gasteiger partial charge in [0, 0.05) is 47.2 Å². The minimum atomic E-state index is -0.232. The molecule has 2 aliphatic heterocycles. The lowest BCUT2D eigenvalue weighted by Crippen LogP contribution is -2.33. The molecule has 0 fully saturated rings. The first kappa shape index (κ1) is 20.9. The standard InChI is InChI=1S/C26H27N3O2S/c1-15(2)12-28-13-19-23(17-8-10-18(32-4)11-9-17)25-21(14-29(16(3)30)26(25)31)27-20-6-5-7-22(28)24(19)20/h5-11,13,15,23,27H,12,14H2,1-4H3. The van der Waals surface area contributed by atoms with Gasteiger partial charge in [-0.2, -0.15) is 0 Å². The topological polar surface area (TPSA) is 54.3 Å². The number of imide groups is 1. The van der Waals surface area contributed by atoms with Gasteiger partial charge in [0.2, 0.25) is 5.91 Å². The molecule has 0 aliphatic carbocycles. The molecule has 0 spiro atoms. The summed E-state index contributed by atoms with van der Waals surface area (Å²) in [6.45, 7) is 7.07. The third kappa shape index (κ3) is 3.25. The van der Waals surface area contributed by atoms with Crippen molar-refractivity contribution in [1.82, 2.24) is 9.47 Å². The van der Waals surface area contributed by atoms with Crippen LogP contribution in [0, 0.1) is 5.92 Å². The predicted molar refractivity (Wildman–Crippen MR) is 130 cm³/mol. The average Bonchev–Trinajstić information content (AvgIpc) is 3.23. The molecule has 2 aliphatic rings. The Morgan fingerprint density at radius 1 is 1.19 bits per heavy atom. The molecule has 3 heterocycles. The van der Waals surface area contributed by atoms with E-state index in [4.69, 9.17) is 0 Å². The number of carbonyl (C=O) groups is 2. The van der Waals surface area contributed by atoms with Crippen molar-refractivity contribution in [2.45, 2.75) is 38.1 Å². The Hall–Kier alpha value is -2.99. The summed E-state index contributed by atoms with van der Waals surface area (Å²) >= 11 is 1.70. The van der Waals surface area contributed by atoms with Gasteiger partial charge in [-0.1, -0.05) is 32.0 Å². The fourth-order valence-corrected chi connectivity index (χ4v) is 5.37. The van der Waals surface area contributed by atoms with Gasteiger partial charge in [0.15, 0.2) is 0 Å². The molecular formula is C26H27N3O2S. The molecule has 6 heteroatoms. The van der Waals surface area contributed by atoms with E-state index in [0.29, 0.717) is 11.5 Å². The highest BCUT2D eigenvalue weighted by Gasteiger charge is 2.41. The van der Waals surface area contributed by atoms with Gasteiger partial charge in [0.1, 0.15) is 0 Å². The van der Waals surface area contributed by atoms with Crippen LogP contribution in [0.4, 0.5) is 5.69 Å². The van der Waals surface area contributed by atoms with Crippen molar-refractivity contribution >= 4 is 40.2 Å².